The van der Waals surface area contributed by atoms with Crippen LogP contribution in [0.2, 0.25) is 5.02 Å². The van der Waals surface area contributed by atoms with Crippen molar-refractivity contribution in [2.75, 3.05) is 39.9 Å². The summed E-state index contributed by atoms with van der Waals surface area (Å²) in [5.74, 6) is 0.994. The van der Waals surface area contributed by atoms with E-state index in [0.29, 0.717) is 5.41 Å². The third-order valence-corrected chi connectivity index (χ3v) is 5.66. The number of ether oxygens (including phenoxy) is 1. The summed E-state index contributed by atoms with van der Waals surface area (Å²) < 4.78 is 5.63. The molecular weight excluding hydrogens is 449 g/mol. The normalized spacial score (nSPS) is 23.8. The van der Waals surface area contributed by atoms with E-state index in [-0.39, 0.29) is 29.4 Å². The topological polar surface area (TPSA) is 36.9 Å². The Morgan fingerprint density at radius 3 is 2.84 bits per heavy atom. The standard InChI is InChI=1S/C19H28ClN3O.HI/c1-18(2,15-5-4-6-16(20)11-15)12-22-17(21-3)23-9-7-19(13-23)8-10-24-14-19;/h4-6,11H,7-10,12-14H2,1-3H3,(H,21,22);1H. The van der Waals surface area contributed by atoms with Crippen LogP contribution in [0.3, 0.4) is 0 Å². The number of aliphatic imine (C=N–C) groups is 1. The first-order chi connectivity index (χ1) is 11.4. The smallest absolute Gasteiger partial charge is 0.193 e. The third-order valence-electron chi connectivity index (χ3n) is 5.43. The molecule has 6 heteroatoms. The first-order valence-electron chi connectivity index (χ1n) is 8.74. The van der Waals surface area contributed by atoms with Gasteiger partial charge in [0, 0.05) is 49.1 Å². The minimum absolute atomic E-state index is 0. The average Bonchev–Trinajstić information content (AvgIpc) is 3.19. The van der Waals surface area contributed by atoms with Gasteiger partial charge in [0.25, 0.3) is 0 Å². The lowest BCUT2D eigenvalue weighted by Crippen LogP contribution is -2.45. The van der Waals surface area contributed by atoms with Crippen molar-refractivity contribution in [3.8, 4) is 0 Å². The van der Waals surface area contributed by atoms with Crippen LogP contribution in [0.1, 0.15) is 32.3 Å². The second-order valence-corrected chi connectivity index (χ2v) is 8.21. The predicted molar refractivity (Wildman–Crippen MR) is 115 cm³/mol. The predicted octanol–water partition coefficient (Wildman–Crippen LogP) is 3.92. The van der Waals surface area contributed by atoms with Crippen molar-refractivity contribution in [2.24, 2.45) is 10.4 Å². The number of nitrogens with zero attached hydrogens (tertiary/aromatic N) is 2. The van der Waals surface area contributed by atoms with Crippen LogP contribution in [-0.4, -0.2) is 50.8 Å². The lowest BCUT2D eigenvalue weighted by Gasteiger charge is -2.30. The zero-order valence-corrected chi connectivity index (χ0v) is 18.4. The van der Waals surface area contributed by atoms with Crippen molar-refractivity contribution in [3.63, 3.8) is 0 Å². The molecule has 3 rings (SSSR count). The van der Waals surface area contributed by atoms with Crippen LogP contribution in [0, 0.1) is 5.41 Å². The Kier molecular flexibility index (Phi) is 7.01. The molecule has 0 amide bonds. The number of hydrogen-bond acceptors (Lipinski definition) is 2. The van der Waals surface area contributed by atoms with Gasteiger partial charge in [0.15, 0.2) is 5.96 Å². The fourth-order valence-corrected chi connectivity index (χ4v) is 3.92. The molecule has 140 valence electrons. The molecule has 1 aromatic carbocycles. The van der Waals surface area contributed by atoms with Gasteiger partial charge in [-0.3, -0.25) is 4.99 Å². The zero-order valence-electron chi connectivity index (χ0n) is 15.3. The van der Waals surface area contributed by atoms with Gasteiger partial charge >= 0.3 is 0 Å². The molecule has 1 unspecified atom stereocenters. The van der Waals surface area contributed by atoms with Crippen LogP contribution in [-0.2, 0) is 10.2 Å². The minimum Gasteiger partial charge on any atom is -0.381 e. The summed E-state index contributed by atoms with van der Waals surface area (Å²) in [4.78, 5) is 6.88. The molecule has 2 aliphatic rings. The van der Waals surface area contributed by atoms with Gasteiger partial charge in [0.1, 0.15) is 0 Å². The first-order valence-corrected chi connectivity index (χ1v) is 9.11. The van der Waals surface area contributed by atoms with E-state index in [2.05, 4.69) is 35.1 Å². The Morgan fingerprint density at radius 2 is 2.20 bits per heavy atom. The molecule has 2 fully saturated rings. The number of halogens is 2. The van der Waals surface area contributed by atoms with Crippen LogP contribution < -0.4 is 5.32 Å². The summed E-state index contributed by atoms with van der Waals surface area (Å²) in [6.45, 7) is 9.19. The largest absolute Gasteiger partial charge is 0.381 e. The van der Waals surface area contributed by atoms with Crippen molar-refractivity contribution < 1.29 is 4.74 Å². The summed E-state index contributed by atoms with van der Waals surface area (Å²) in [6.07, 6.45) is 2.37. The summed E-state index contributed by atoms with van der Waals surface area (Å²) in [6, 6.07) is 8.11. The molecule has 1 spiro atoms. The molecule has 0 aromatic heterocycles. The van der Waals surface area contributed by atoms with E-state index in [9.17, 15) is 0 Å². The first kappa shape index (κ1) is 20.8. The van der Waals surface area contributed by atoms with E-state index >= 15 is 0 Å². The number of rotatable bonds is 3. The Morgan fingerprint density at radius 1 is 1.40 bits per heavy atom. The Hall–Kier alpha value is -0.530. The van der Waals surface area contributed by atoms with Crippen LogP contribution in [0.15, 0.2) is 29.3 Å². The molecule has 1 N–H and O–H groups in total. The zero-order chi connectivity index (χ0) is 17.2. The van der Waals surface area contributed by atoms with Gasteiger partial charge in [0.2, 0.25) is 0 Å². The molecule has 25 heavy (non-hydrogen) atoms. The number of benzene rings is 1. The maximum Gasteiger partial charge on any atom is 0.193 e. The second kappa shape index (κ2) is 8.44. The van der Waals surface area contributed by atoms with Gasteiger partial charge in [-0.25, -0.2) is 0 Å². The number of likely N-dealkylation sites (tertiary alicyclic amines) is 1. The van der Waals surface area contributed by atoms with Crippen LogP contribution >= 0.6 is 35.6 Å². The van der Waals surface area contributed by atoms with E-state index < -0.39 is 0 Å². The molecule has 2 heterocycles. The van der Waals surface area contributed by atoms with E-state index in [4.69, 9.17) is 16.3 Å². The number of hydrogen-bond donors (Lipinski definition) is 1. The van der Waals surface area contributed by atoms with Crippen molar-refractivity contribution in [3.05, 3.63) is 34.9 Å². The van der Waals surface area contributed by atoms with Gasteiger partial charge in [-0.05, 0) is 30.5 Å². The highest BCUT2D eigenvalue weighted by atomic mass is 127. The highest BCUT2D eigenvalue weighted by molar-refractivity contribution is 14.0. The summed E-state index contributed by atoms with van der Waals surface area (Å²) in [5.41, 5.74) is 1.56. The Labute approximate surface area is 173 Å². The molecule has 0 aliphatic carbocycles. The molecule has 1 atom stereocenters. The van der Waals surface area contributed by atoms with Crippen LogP contribution in [0.5, 0.6) is 0 Å². The molecule has 4 nitrogen and oxygen atoms in total. The number of guanidine groups is 1. The second-order valence-electron chi connectivity index (χ2n) is 7.77. The molecule has 1 aromatic rings. The van der Waals surface area contributed by atoms with Gasteiger partial charge in [-0.1, -0.05) is 37.6 Å². The van der Waals surface area contributed by atoms with Crippen molar-refractivity contribution in [2.45, 2.75) is 32.1 Å². The van der Waals surface area contributed by atoms with Crippen LogP contribution in [0.25, 0.3) is 0 Å². The molecule has 2 aliphatic heterocycles. The van der Waals surface area contributed by atoms with Gasteiger partial charge < -0.3 is 15.0 Å². The summed E-state index contributed by atoms with van der Waals surface area (Å²) >= 11 is 6.15. The molecule has 0 radical (unpaired) electrons. The minimum atomic E-state index is -0.0191. The number of nitrogens with one attached hydrogen (secondary N) is 1. The van der Waals surface area contributed by atoms with E-state index in [0.717, 1.165) is 43.8 Å². The SMILES string of the molecule is CN=C(NCC(C)(C)c1cccc(Cl)c1)N1CCC2(CCOC2)C1.I. The molecule has 0 saturated carbocycles. The Bertz CT molecular complexity index is 614. The summed E-state index contributed by atoms with van der Waals surface area (Å²) in [7, 11) is 1.87. The lowest BCUT2D eigenvalue weighted by molar-refractivity contribution is 0.156. The molecule has 0 bridgehead atoms. The van der Waals surface area contributed by atoms with Crippen molar-refractivity contribution >= 4 is 41.5 Å². The maximum atomic E-state index is 6.15. The van der Waals surface area contributed by atoms with Crippen molar-refractivity contribution in [1.82, 2.24) is 10.2 Å². The van der Waals surface area contributed by atoms with E-state index in [1.165, 1.54) is 18.4 Å². The Balaban J connectivity index is 0.00000225. The fraction of sp³-hybridized carbons (Fsp3) is 0.632. The molecular formula is C19H29ClIN3O. The van der Waals surface area contributed by atoms with E-state index in [1.54, 1.807) is 0 Å². The maximum absolute atomic E-state index is 6.15. The van der Waals surface area contributed by atoms with Crippen molar-refractivity contribution in [1.29, 1.82) is 0 Å². The van der Waals surface area contributed by atoms with Gasteiger partial charge in [0.05, 0.1) is 6.61 Å². The monoisotopic (exact) mass is 477 g/mol. The lowest BCUT2D eigenvalue weighted by atomic mass is 9.84. The third kappa shape index (κ3) is 4.80. The highest BCUT2D eigenvalue weighted by Gasteiger charge is 2.42. The average molecular weight is 478 g/mol. The quantitative estimate of drug-likeness (QED) is 0.407. The highest BCUT2D eigenvalue weighted by Crippen LogP contribution is 2.38. The van der Waals surface area contributed by atoms with Gasteiger partial charge in [-0.2, -0.15) is 0 Å². The van der Waals surface area contributed by atoms with Gasteiger partial charge in [-0.15, -0.1) is 24.0 Å². The summed E-state index contributed by atoms with van der Waals surface area (Å²) in [5, 5.41) is 4.35. The van der Waals surface area contributed by atoms with Crippen LogP contribution in [0.4, 0.5) is 0 Å². The van der Waals surface area contributed by atoms with E-state index in [1.807, 2.05) is 25.2 Å². The fourth-order valence-electron chi connectivity index (χ4n) is 3.73. The molecule has 2 saturated heterocycles.